The van der Waals surface area contributed by atoms with Crippen molar-refractivity contribution in [3.63, 3.8) is 0 Å². The number of halogens is 1. The van der Waals surface area contributed by atoms with E-state index in [0.717, 1.165) is 12.1 Å². The topological polar surface area (TPSA) is 102 Å². The zero-order chi connectivity index (χ0) is 18.0. The highest BCUT2D eigenvalue weighted by atomic mass is 19.1. The van der Waals surface area contributed by atoms with E-state index in [2.05, 4.69) is 4.98 Å². The number of aromatic amines is 1. The van der Waals surface area contributed by atoms with Gasteiger partial charge in [0.05, 0.1) is 0 Å². The van der Waals surface area contributed by atoms with Crippen LogP contribution in [0.15, 0.2) is 59.4 Å². The average Bonchev–Trinajstić information content (AvgIpc) is 2.60. The number of nitrogens with one attached hydrogen (secondary N) is 1. The van der Waals surface area contributed by atoms with Gasteiger partial charge >= 0.3 is 5.97 Å². The van der Waals surface area contributed by atoms with Gasteiger partial charge in [0, 0.05) is 10.9 Å². The van der Waals surface area contributed by atoms with Crippen molar-refractivity contribution in [3.05, 3.63) is 82.0 Å². The standard InChI is InChI=1S/C18H13FN2O4/c19-12-7-5-10(6-8-12)15(16(20)22)25-18(24)14-9-11-3-1-2-4-13(11)17(23)21-14/h1-9,15H,(H2,20,22)(H,21,23)/t15-/m0/s1. The normalized spacial score (nSPS) is 11.9. The summed E-state index contributed by atoms with van der Waals surface area (Å²) in [6.07, 6.45) is -1.40. The van der Waals surface area contributed by atoms with Crippen LogP contribution in [0.5, 0.6) is 0 Å². The summed E-state index contributed by atoms with van der Waals surface area (Å²) in [4.78, 5) is 38.4. The molecule has 0 radical (unpaired) electrons. The van der Waals surface area contributed by atoms with Gasteiger partial charge in [0.25, 0.3) is 11.5 Å². The third-order valence-corrected chi connectivity index (χ3v) is 3.63. The van der Waals surface area contributed by atoms with Crippen molar-refractivity contribution in [1.29, 1.82) is 0 Å². The number of amides is 1. The maximum atomic E-state index is 13.0. The lowest BCUT2D eigenvalue weighted by molar-refractivity contribution is -0.127. The van der Waals surface area contributed by atoms with Crippen molar-refractivity contribution in [2.45, 2.75) is 6.10 Å². The van der Waals surface area contributed by atoms with E-state index in [1.807, 2.05) is 0 Å². The lowest BCUT2D eigenvalue weighted by Gasteiger charge is -2.15. The maximum absolute atomic E-state index is 13.0. The van der Waals surface area contributed by atoms with Crippen LogP contribution in [0, 0.1) is 5.82 Å². The highest BCUT2D eigenvalue weighted by Crippen LogP contribution is 2.20. The summed E-state index contributed by atoms with van der Waals surface area (Å²) in [5, 5.41) is 0.972. The summed E-state index contributed by atoms with van der Waals surface area (Å²) < 4.78 is 18.1. The van der Waals surface area contributed by atoms with Crippen LogP contribution < -0.4 is 11.3 Å². The van der Waals surface area contributed by atoms with E-state index >= 15 is 0 Å². The van der Waals surface area contributed by atoms with E-state index in [0.29, 0.717) is 10.8 Å². The molecule has 126 valence electrons. The van der Waals surface area contributed by atoms with Gasteiger partial charge in [-0.2, -0.15) is 0 Å². The Morgan fingerprint density at radius 2 is 1.76 bits per heavy atom. The van der Waals surface area contributed by atoms with Crippen LogP contribution >= 0.6 is 0 Å². The molecule has 0 bridgehead atoms. The first kappa shape index (κ1) is 16.4. The number of rotatable bonds is 4. The zero-order valence-corrected chi connectivity index (χ0v) is 12.9. The number of hydrogen-bond acceptors (Lipinski definition) is 4. The van der Waals surface area contributed by atoms with Crippen LogP contribution in [0.3, 0.4) is 0 Å². The van der Waals surface area contributed by atoms with Gasteiger partial charge in [0.2, 0.25) is 6.10 Å². The van der Waals surface area contributed by atoms with Crippen molar-refractivity contribution >= 4 is 22.6 Å². The molecule has 0 saturated heterocycles. The molecule has 3 N–H and O–H groups in total. The van der Waals surface area contributed by atoms with E-state index in [1.165, 1.54) is 18.2 Å². The molecular formula is C18H13FN2O4. The van der Waals surface area contributed by atoms with Crippen molar-refractivity contribution in [3.8, 4) is 0 Å². The van der Waals surface area contributed by atoms with Crippen LogP contribution in [0.1, 0.15) is 22.2 Å². The Balaban J connectivity index is 1.93. The molecule has 0 aliphatic rings. The fraction of sp³-hybridized carbons (Fsp3) is 0.0556. The largest absolute Gasteiger partial charge is 0.443 e. The Morgan fingerprint density at radius 3 is 2.44 bits per heavy atom. The summed E-state index contributed by atoms with van der Waals surface area (Å²) in [6, 6.07) is 13.0. The minimum Gasteiger partial charge on any atom is -0.443 e. The Kier molecular flexibility index (Phi) is 4.30. The monoisotopic (exact) mass is 340 g/mol. The number of primary amides is 1. The number of hydrogen-bond donors (Lipinski definition) is 2. The Morgan fingerprint density at radius 1 is 1.08 bits per heavy atom. The fourth-order valence-electron chi connectivity index (χ4n) is 2.42. The van der Waals surface area contributed by atoms with E-state index in [4.69, 9.17) is 10.5 Å². The maximum Gasteiger partial charge on any atom is 0.355 e. The van der Waals surface area contributed by atoms with Crippen LogP contribution in [0.2, 0.25) is 0 Å². The van der Waals surface area contributed by atoms with E-state index in [-0.39, 0.29) is 11.3 Å². The Hall–Kier alpha value is -3.48. The van der Waals surface area contributed by atoms with E-state index < -0.39 is 29.4 Å². The van der Waals surface area contributed by atoms with Gasteiger partial charge in [-0.1, -0.05) is 30.3 Å². The van der Waals surface area contributed by atoms with Gasteiger partial charge in [-0.15, -0.1) is 0 Å². The van der Waals surface area contributed by atoms with Gasteiger partial charge < -0.3 is 15.5 Å². The second-order valence-electron chi connectivity index (χ2n) is 5.34. The number of carbonyl (C=O) groups is 2. The van der Waals surface area contributed by atoms with Crippen molar-refractivity contribution in [1.82, 2.24) is 4.98 Å². The molecule has 1 aromatic heterocycles. The number of fused-ring (bicyclic) bond motifs is 1. The van der Waals surface area contributed by atoms with Gasteiger partial charge in [0.15, 0.2) is 0 Å². The van der Waals surface area contributed by atoms with Crippen LogP contribution in [-0.2, 0) is 9.53 Å². The summed E-state index contributed by atoms with van der Waals surface area (Å²) in [5.41, 5.74) is 4.93. The molecule has 0 saturated carbocycles. The molecular weight excluding hydrogens is 327 g/mol. The number of benzene rings is 2. The van der Waals surface area contributed by atoms with Gasteiger partial charge in [-0.3, -0.25) is 9.59 Å². The molecule has 0 fully saturated rings. The summed E-state index contributed by atoms with van der Waals surface area (Å²) in [6.45, 7) is 0. The minimum atomic E-state index is -1.40. The average molecular weight is 340 g/mol. The minimum absolute atomic E-state index is 0.114. The molecule has 1 atom stereocenters. The van der Waals surface area contributed by atoms with Crippen LogP contribution in [-0.4, -0.2) is 16.9 Å². The summed E-state index contributed by atoms with van der Waals surface area (Å²) in [5.74, 6) is -2.34. The molecule has 7 heteroatoms. The molecule has 0 spiro atoms. The molecule has 0 unspecified atom stereocenters. The number of esters is 1. The van der Waals surface area contributed by atoms with Crippen LogP contribution in [0.25, 0.3) is 10.8 Å². The summed E-state index contributed by atoms with van der Waals surface area (Å²) >= 11 is 0. The third-order valence-electron chi connectivity index (χ3n) is 3.63. The van der Waals surface area contributed by atoms with Crippen molar-refractivity contribution in [2.75, 3.05) is 0 Å². The van der Waals surface area contributed by atoms with Crippen molar-refractivity contribution in [2.24, 2.45) is 5.73 Å². The number of nitrogens with two attached hydrogens (primary N) is 1. The number of aromatic nitrogens is 1. The number of pyridine rings is 1. The van der Waals surface area contributed by atoms with Gasteiger partial charge in [-0.25, -0.2) is 9.18 Å². The van der Waals surface area contributed by atoms with E-state index in [9.17, 15) is 18.8 Å². The third kappa shape index (κ3) is 3.40. The highest BCUT2D eigenvalue weighted by molar-refractivity contribution is 5.94. The zero-order valence-electron chi connectivity index (χ0n) is 12.9. The molecule has 0 aliphatic carbocycles. The summed E-state index contributed by atoms with van der Waals surface area (Å²) in [7, 11) is 0. The molecule has 3 rings (SSSR count). The number of H-pyrrole nitrogens is 1. The lowest BCUT2D eigenvalue weighted by atomic mass is 10.1. The fourth-order valence-corrected chi connectivity index (χ4v) is 2.42. The van der Waals surface area contributed by atoms with Gasteiger partial charge in [0.1, 0.15) is 11.5 Å². The first-order chi connectivity index (χ1) is 12.0. The molecule has 3 aromatic rings. The lowest BCUT2D eigenvalue weighted by Crippen LogP contribution is -2.27. The predicted octanol–water partition coefficient (Wildman–Crippen LogP) is 2.05. The number of ether oxygens (including phenoxy) is 1. The molecule has 1 amide bonds. The number of carbonyl (C=O) groups excluding carboxylic acids is 2. The van der Waals surface area contributed by atoms with E-state index in [1.54, 1.807) is 24.3 Å². The van der Waals surface area contributed by atoms with Crippen LogP contribution in [0.4, 0.5) is 4.39 Å². The molecule has 6 nitrogen and oxygen atoms in total. The highest BCUT2D eigenvalue weighted by Gasteiger charge is 2.24. The van der Waals surface area contributed by atoms with Gasteiger partial charge in [-0.05, 0) is 29.7 Å². The molecule has 2 aromatic carbocycles. The first-order valence-electron chi connectivity index (χ1n) is 7.33. The second-order valence-corrected chi connectivity index (χ2v) is 5.34. The quantitative estimate of drug-likeness (QED) is 0.710. The SMILES string of the molecule is NC(=O)[C@@H](OC(=O)c1cc2ccccc2c(=O)[nH]1)c1ccc(F)cc1. The molecule has 1 heterocycles. The molecule has 25 heavy (non-hydrogen) atoms. The smallest absolute Gasteiger partial charge is 0.355 e. The first-order valence-corrected chi connectivity index (χ1v) is 7.33. The Bertz CT molecular complexity index is 1010. The molecule has 0 aliphatic heterocycles. The second kappa shape index (κ2) is 6.56. The predicted molar refractivity (Wildman–Crippen MR) is 88.3 cm³/mol. The Labute approximate surface area is 141 Å². The van der Waals surface area contributed by atoms with Crippen molar-refractivity contribution < 1.29 is 18.7 Å².